The summed E-state index contributed by atoms with van der Waals surface area (Å²) in [6, 6.07) is 0. The Hall–Kier alpha value is 0.540. The second-order valence-corrected chi connectivity index (χ2v) is 1.62. The van der Waals surface area contributed by atoms with Crippen molar-refractivity contribution in [3.8, 4) is 0 Å². The first kappa shape index (κ1) is 22.4. The number of nitrogens with zero attached hydrogens (tertiary/aromatic N) is 1. The van der Waals surface area contributed by atoms with Crippen LogP contribution < -0.4 is 0 Å². The monoisotopic (exact) mass is 189 g/mol. The van der Waals surface area contributed by atoms with Crippen LogP contribution >= 0.6 is 24.8 Å². The average molecular weight is 190 g/mol. The van der Waals surface area contributed by atoms with Crippen LogP contribution in [0.25, 0.3) is 0 Å². The van der Waals surface area contributed by atoms with Crippen molar-refractivity contribution in [2.75, 3.05) is 19.6 Å². The van der Waals surface area contributed by atoms with Crippen LogP contribution in [0.4, 0.5) is 0 Å². The molecule has 0 radical (unpaired) electrons. The molecule has 68 valence electrons. The van der Waals surface area contributed by atoms with Crippen LogP contribution in [0.5, 0.6) is 0 Å². The molecule has 3 heteroatoms. The van der Waals surface area contributed by atoms with Crippen molar-refractivity contribution in [2.24, 2.45) is 0 Å². The molecule has 0 aromatic rings. The topological polar surface area (TPSA) is 3.24 Å². The van der Waals surface area contributed by atoms with Crippen molar-refractivity contribution in [1.29, 1.82) is 0 Å². The van der Waals surface area contributed by atoms with E-state index < -0.39 is 0 Å². The summed E-state index contributed by atoms with van der Waals surface area (Å²) in [4.78, 5) is 2.38. The summed E-state index contributed by atoms with van der Waals surface area (Å²) in [5.74, 6) is 0. The highest BCUT2D eigenvalue weighted by atomic mass is 35.5. The van der Waals surface area contributed by atoms with Gasteiger partial charge in [0.2, 0.25) is 0 Å². The zero-order valence-electron chi connectivity index (χ0n) is 6.39. The lowest BCUT2D eigenvalue weighted by Gasteiger charge is -2.13. The van der Waals surface area contributed by atoms with Gasteiger partial charge in [-0.15, -0.1) is 24.8 Å². The average Bonchev–Trinajstić information content (AvgIpc) is 1.72. The summed E-state index contributed by atoms with van der Waals surface area (Å²) in [7, 11) is 0. The van der Waals surface area contributed by atoms with Crippen molar-refractivity contribution in [2.45, 2.75) is 28.2 Å². The first-order valence-corrected chi connectivity index (χ1v) is 3.07. The maximum absolute atomic E-state index is 2.38. The minimum atomic E-state index is 0. The van der Waals surface area contributed by atoms with E-state index in [4.69, 9.17) is 0 Å². The molecule has 1 nitrogen and oxygen atoms in total. The first-order chi connectivity index (χ1) is 3.35. The van der Waals surface area contributed by atoms with Gasteiger partial charge in [-0.2, -0.15) is 0 Å². The van der Waals surface area contributed by atoms with E-state index in [1.54, 1.807) is 0 Å². The summed E-state index contributed by atoms with van der Waals surface area (Å²) in [5, 5.41) is 0. The minimum absolute atomic E-state index is 0. The summed E-state index contributed by atoms with van der Waals surface area (Å²) >= 11 is 0. The van der Waals surface area contributed by atoms with Crippen molar-refractivity contribution < 1.29 is 0 Å². The molecule has 0 unspecified atom stereocenters. The van der Waals surface area contributed by atoms with Crippen LogP contribution in [-0.4, -0.2) is 24.5 Å². The Labute approximate surface area is 78.0 Å². The fraction of sp³-hybridized carbons (Fsp3) is 1.00. The zero-order chi connectivity index (χ0) is 5.70. The number of hydrogen-bond acceptors (Lipinski definition) is 1. The van der Waals surface area contributed by atoms with Crippen LogP contribution in [0.15, 0.2) is 0 Å². The molecule has 0 heterocycles. The van der Waals surface area contributed by atoms with Gasteiger partial charge in [0.25, 0.3) is 0 Å². The van der Waals surface area contributed by atoms with Gasteiger partial charge < -0.3 is 4.90 Å². The molecule has 0 fully saturated rings. The van der Waals surface area contributed by atoms with Crippen LogP contribution in [0.1, 0.15) is 28.2 Å². The van der Waals surface area contributed by atoms with Gasteiger partial charge in [0.05, 0.1) is 0 Å². The van der Waals surface area contributed by atoms with Gasteiger partial charge in [0.15, 0.2) is 0 Å². The minimum Gasteiger partial charge on any atom is -0.304 e. The number of halogens is 2. The van der Waals surface area contributed by atoms with Gasteiger partial charge in [-0.3, -0.25) is 0 Å². The number of rotatable bonds is 3. The zero-order valence-corrected chi connectivity index (χ0v) is 8.02. The molecule has 0 aliphatic carbocycles. The van der Waals surface area contributed by atoms with Gasteiger partial charge in [0.1, 0.15) is 0 Å². The Kier molecular flexibility index (Phi) is 36.5. The second kappa shape index (κ2) is 16.3. The van der Waals surface area contributed by atoms with Crippen LogP contribution in [0.3, 0.4) is 0 Å². The third kappa shape index (κ3) is 11.4. The fourth-order valence-electron chi connectivity index (χ4n) is 0.671. The quantitative estimate of drug-likeness (QED) is 0.661. The molecule has 0 aliphatic heterocycles. The van der Waals surface area contributed by atoms with Crippen molar-refractivity contribution in [3.63, 3.8) is 0 Å². The van der Waals surface area contributed by atoms with Crippen LogP contribution in [-0.2, 0) is 0 Å². The molecule has 0 N–H and O–H groups in total. The van der Waals surface area contributed by atoms with Crippen molar-refractivity contribution >= 4 is 24.8 Å². The molecule has 0 spiro atoms. The smallest absolute Gasteiger partial charge is 0.00474 e. The van der Waals surface area contributed by atoms with E-state index in [1.165, 1.54) is 19.6 Å². The highest BCUT2D eigenvalue weighted by Gasteiger charge is 1.89. The lowest BCUT2D eigenvalue weighted by molar-refractivity contribution is 0.321. The standard InChI is InChI=1S/C6H15N.CH4.2ClH/c1-4-7(5-2)6-3;;;/h4-6H2,1-3H3;1H4;2*1H. The highest BCUT2D eigenvalue weighted by molar-refractivity contribution is 5.85. The Balaban J connectivity index is -0.0000000600. The third-order valence-corrected chi connectivity index (χ3v) is 1.34. The van der Waals surface area contributed by atoms with E-state index in [1.807, 2.05) is 0 Å². The molecule has 0 aromatic heterocycles. The summed E-state index contributed by atoms with van der Waals surface area (Å²) in [5.41, 5.74) is 0. The summed E-state index contributed by atoms with van der Waals surface area (Å²) in [6.45, 7) is 10.1. The molecule has 0 saturated carbocycles. The largest absolute Gasteiger partial charge is 0.304 e. The molecule has 10 heavy (non-hydrogen) atoms. The fourth-order valence-corrected chi connectivity index (χ4v) is 0.671. The van der Waals surface area contributed by atoms with E-state index in [0.29, 0.717) is 0 Å². The Bertz CT molecular complexity index is 33.1. The SMILES string of the molecule is C.CCN(CC)CC.Cl.Cl. The Morgan fingerprint density at radius 1 is 0.800 bits per heavy atom. The van der Waals surface area contributed by atoms with Crippen molar-refractivity contribution in [3.05, 3.63) is 0 Å². The molecule has 0 aromatic carbocycles. The summed E-state index contributed by atoms with van der Waals surface area (Å²) in [6.07, 6.45) is 0. The lowest BCUT2D eigenvalue weighted by Crippen LogP contribution is -2.21. The van der Waals surface area contributed by atoms with E-state index in [-0.39, 0.29) is 32.2 Å². The second-order valence-electron chi connectivity index (χ2n) is 1.62. The predicted octanol–water partition coefficient (Wildman–Crippen LogP) is 2.83. The molecule has 0 atom stereocenters. The molecule has 0 rings (SSSR count). The lowest BCUT2D eigenvalue weighted by atomic mass is 10.5. The molecule has 0 bridgehead atoms. The van der Waals surface area contributed by atoms with E-state index in [9.17, 15) is 0 Å². The number of hydrogen-bond donors (Lipinski definition) is 0. The Morgan fingerprint density at radius 3 is 1.00 bits per heavy atom. The first-order valence-electron chi connectivity index (χ1n) is 3.07. The molecular weight excluding hydrogens is 169 g/mol. The molecule has 0 aliphatic rings. The van der Waals surface area contributed by atoms with E-state index in [2.05, 4.69) is 25.7 Å². The van der Waals surface area contributed by atoms with Crippen LogP contribution in [0.2, 0.25) is 0 Å². The third-order valence-electron chi connectivity index (χ3n) is 1.34. The van der Waals surface area contributed by atoms with Gasteiger partial charge >= 0.3 is 0 Å². The van der Waals surface area contributed by atoms with Gasteiger partial charge in [0, 0.05) is 0 Å². The van der Waals surface area contributed by atoms with E-state index in [0.717, 1.165) is 0 Å². The maximum Gasteiger partial charge on any atom is -0.00474 e. The van der Waals surface area contributed by atoms with Gasteiger partial charge in [-0.1, -0.05) is 28.2 Å². The normalized spacial score (nSPS) is 7.20. The van der Waals surface area contributed by atoms with E-state index >= 15 is 0 Å². The molecule has 0 saturated heterocycles. The van der Waals surface area contributed by atoms with Crippen LogP contribution in [0, 0.1) is 0 Å². The van der Waals surface area contributed by atoms with Gasteiger partial charge in [-0.05, 0) is 19.6 Å². The molecule has 0 amide bonds. The predicted molar refractivity (Wildman–Crippen MR) is 54.7 cm³/mol. The van der Waals surface area contributed by atoms with Gasteiger partial charge in [-0.25, -0.2) is 0 Å². The van der Waals surface area contributed by atoms with Crippen molar-refractivity contribution in [1.82, 2.24) is 4.90 Å². The summed E-state index contributed by atoms with van der Waals surface area (Å²) < 4.78 is 0. The Morgan fingerprint density at radius 2 is 1.00 bits per heavy atom. The maximum atomic E-state index is 2.38. The highest BCUT2D eigenvalue weighted by Crippen LogP contribution is 1.81. The molecular formula is C7H21Cl2N.